The molecular formula is C22H24ClN3O2. The van der Waals surface area contributed by atoms with Crippen LogP contribution in [0, 0.1) is 19.3 Å². The predicted octanol–water partition coefficient (Wildman–Crippen LogP) is 4.41. The first-order valence-electron chi connectivity index (χ1n) is 9.45. The topological polar surface area (TPSA) is 57.0 Å². The maximum atomic E-state index is 12.8. The van der Waals surface area contributed by atoms with E-state index in [-0.39, 0.29) is 11.9 Å². The summed E-state index contributed by atoms with van der Waals surface area (Å²) in [5.41, 5.74) is 6.80. The van der Waals surface area contributed by atoms with E-state index >= 15 is 0 Å². The molecule has 1 fully saturated rings. The molecule has 6 heteroatoms. The summed E-state index contributed by atoms with van der Waals surface area (Å²) in [6.45, 7) is 4.12. The Morgan fingerprint density at radius 3 is 2.68 bits per heavy atom. The quantitative estimate of drug-likeness (QED) is 0.472. The zero-order valence-electron chi connectivity index (χ0n) is 16.6. The van der Waals surface area contributed by atoms with E-state index in [9.17, 15) is 4.79 Å². The number of hydrogen-bond acceptors (Lipinski definition) is 4. The first-order chi connectivity index (χ1) is 13.4. The average Bonchev–Trinajstić information content (AvgIpc) is 3.41. The number of halogens is 1. The molecule has 1 aliphatic carbocycles. The van der Waals surface area contributed by atoms with Crippen molar-refractivity contribution in [3.8, 4) is 0 Å². The maximum absolute atomic E-state index is 12.8. The largest absolute Gasteiger partial charge is 0.469 e. The van der Waals surface area contributed by atoms with Gasteiger partial charge in [0.05, 0.1) is 18.0 Å². The second kappa shape index (κ2) is 6.89. The van der Waals surface area contributed by atoms with E-state index in [4.69, 9.17) is 16.3 Å². The molecule has 1 heterocycles. The van der Waals surface area contributed by atoms with Gasteiger partial charge in [0, 0.05) is 18.8 Å². The third-order valence-electron chi connectivity index (χ3n) is 6.17. The van der Waals surface area contributed by atoms with Crippen molar-refractivity contribution in [1.82, 2.24) is 15.0 Å². The van der Waals surface area contributed by atoms with Gasteiger partial charge in [-0.25, -0.2) is 4.68 Å². The number of carbonyl (C=O) groups is 1. The van der Waals surface area contributed by atoms with Crippen molar-refractivity contribution in [3.05, 3.63) is 58.1 Å². The lowest BCUT2D eigenvalue weighted by atomic mass is 9.76. The first-order valence-corrected chi connectivity index (χ1v) is 9.99. The Kier molecular flexibility index (Phi) is 4.66. The Bertz CT molecular complexity index is 1070. The number of fused-ring (bicyclic) bond motifs is 1. The van der Waals surface area contributed by atoms with Crippen molar-refractivity contribution in [3.63, 3.8) is 0 Å². The van der Waals surface area contributed by atoms with Gasteiger partial charge in [0.25, 0.3) is 0 Å². The molecular weight excluding hydrogens is 374 g/mol. The Morgan fingerprint density at radius 2 is 2.04 bits per heavy atom. The zero-order valence-corrected chi connectivity index (χ0v) is 17.4. The van der Waals surface area contributed by atoms with Gasteiger partial charge in [-0.1, -0.05) is 29.5 Å². The molecule has 4 rings (SSSR count). The van der Waals surface area contributed by atoms with Crippen LogP contribution in [0.5, 0.6) is 0 Å². The van der Waals surface area contributed by atoms with E-state index in [1.54, 1.807) is 4.68 Å². The fourth-order valence-corrected chi connectivity index (χ4v) is 4.61. The van der Waals surface area contributed by atoms with Gasteiger partial charge in [0.2, 0.25) is 0 Å². The SMILES string of the molecule is COC(=O)C1(C(c2ccc(C)c(CCl)c2)c2ccc3c(nnn3C)c2C)CC1. The molecule has 5 nitrogen and oxygen atoms in total. The van der Waals surface area contributed by atoms with Crippen molar-refractivity contribution >= 4 is 28.6 Å². The van der Waals surface area contributed by atoms with Crippen LogP contribution >= 0.6 is 11.6 Å². The summed E-state index contributed by atoms with van der Waals surface area (Å²) in [6, 6.07) is 10.5. The fraction of sp³-hybridized carbons (Fsp3) is 0.409. The first kappa shape index (κ1) is 18.9. The lowest BCUT2D eigenvalue weighted by Crippen LogP contribution is -2.27. The summed E-state index contributed by atoms with van der Waals surface area (Å²) in [5.74, 6) is 0.192. The van der Waals surface area contributed by atoms with Gasteiger partial charge < -0.3 is 4.74 Å². The van der Waals surface area contributed by atoms with E-state index < -0.39 is 5.41 Å². The number of aromatic nitrogens is 3. The lowest BCUT2D eigenvalue weighted by molar-refractivity contribution is -0.147. The number of carbonyl (C=O) groups excluding carboxylic acids is 1. The van der Waals surface area contributed by atoms with Crippen molar-refractivity contribution in [2.75, 3.05) is 7.11 Å². The molecule has 0 saturated heterocycles. The minimum absolute atomic E-state index is 0.103. The summed E-state index contributed by atoms with van der Waals surface area (Å²) in [6.07, 6.45) is 1.62. The number of esters is 1. The van der Waals surface area contributed by atoms with E-state index in [0.717, 1.165) is 51.7 Å². The molecule has 0 aliphatic heterocycles. The van der Waals surface area contributed by atoms with Crippen LogP contribution in [0.3, 0.4) is 0 Å². The highest BCUT2D eigenvalue weighted by Crippen LogP contribution is 2.60. The summed E-state index contributed by atoms with van der Waals surface area (Å²) in [4.78, 5) is 12.8. The monoisotopic (exact) mass is 397 g/mol. The third kappa shape index (κ3) is 2.80. The normalized spacial score (nSPS) is 16.2. The fourth-order valence-electron chi connectivity index (χ4n) is 4.32. The molecule has 2 aromatic carbocycles. The van der Waals surface area contributed by atoms with E-state index in [1.165, 1.54) is 7.11 Å². The molecule has 28 heavy (non-hydrogen) atoms. The Balaban J connectivity index is 1.95. The molecule has 0 N–H and O–H groups in total. The minimum atomic E-state index is -0.533. The van der Waals surface area contributed by atoms with Crippen LogP contribution in [-0.2, 0) is 22.5 Å². The van der Waals surface area contributed by atoms with Gasteiger partial charge >= 0.3 is 5.97 Å². The Hall–Kier alpha value is -2.40. The third-order valence-corrected chi connectivity index (χ3v) is 6.46. The van der Waals surface area contributed by atoms with Crippen LogP contribution in [0.15, 0.2) is 30.3 Å². The molecule has 1 aromatic heterocycles. The van der Waals surface area contributed by atoms with Gasteiger partial charge in [-0.3, -0.25) is 4.79 Å². The number of hydrogen-bond donors (Lipinski definition) is 0. The standard InChI is InChI=1S/C22H24ClN3O2/c1-13-5-6-15(11-16(13)12-23)19(22(9-10-22)21(27)28-4)17-7-8-18-20(14(17)2)24-25-26(18)3/h5-8,11,19H,9-10,12H2,1-4H3. The number of rotatable bonds is 5. The van der Waals surface area contributed by atoms with Crippen LogP contribution in [-0.4, -0.2) is 28.1 Å². The number of aryl methyl sites for hydroxylation is 3. The second-order valence-electron chi connectivity index (χ2n) is 7.76. The number of ether oxygens (including phenoxy) is 1. The molecule has 0 amide bonds. The Morgan fingerprint density at radius 1 is 1.29 bits per heavy atom. The van der Waals surface area contributed by atoms with Crippen LogP contribution in [0.1, 0.15) is 46.6 Å². The minimum Gasteiger partial charge on any atom is -0.469 e. The molecule has 146 valence electrons. The van der Waals surface area contributed by atoms with Crippen LogP contribution in [0.4, 0.5) is 0 Å². The van der Waals surface area contributed by atoms with Crippen molar-refractivity contribution in [1.29, 1.82) is 0 Å². The second-order valence-corrected chi connectivity index (χ2v) is 8.03. The van der Waals surface area contributed by atoms with Crippen molar-refractivity contribution in [2.45, 2.75) is 38.5 Å². The molecule has 1 atom stereocenters. The number of benzene rings is 2. The number of nitrogens with zero attached hydrogens (tertiary/aromatic N) is 3. The molecule has 1 saturated carbocycles. The highest BCUT2D eigenvalue weighted by Gasteiger charge is 2.58. The lowest BCUT2D eigenvalue weighted by Gasteiger charge is -2.28. The highest BCUT2D eigenvalue weighted by molar-refractivity contribution is 6.17. The highest BCUT2D eigenvalue weighted by atomic mass is 35.5. The van der Waals surface area contributed by atoms with E-state index in [1.807, 2.05) is 13.1 Å². The van der Waals surface area contributed by atoms with Gasteiger partial charge in [-0.05, 0) is 60.6 Å². The Labute approximate surface area is 169 Å². The van der Waals surface area contributed by atoms with Crippen LogP contribution < -0.4 is 0 Å². The maximum Gasteiger partial charge on any atom is 0.312 e. The summed E-state index contributed by atoms with van der Waals surface area (Å²) >= 11 is 6.17. The molecule has 0 bridgehead atoms. The smallest absolute Gasteiger partial charge is 0.312 e. The summed E-state index contributed by atoms with van der Waals surface area (Å²) < 4.78 is 6.99. The van der Waals surface area contributed by atoms with E-state index in [2.05, 4.69) is 48.4 Å². The van der Waals surface area contributed by atoms with Gasteiger partial charge in [-0.2, -0.15) is 0 Å². The number of alkyl halides is 1. The number of methoxy groups -OCH3 is 1. The molecule has 0 spiro atoms. The van der Waals surface area contributed by atoms with Gasteiger partial charge in [-0.15, -0.1) is 16.7 Å². The molecule has 0 radical (unpaired) electrons. The van der Waals surface area contributed by atoms with Gasteiger partial charge in [0.1, 0.15) is 5.52 Å². The molecule has 3 aromatic rings. The summed E-state index contributed by atoms with van der Waals surface area (Å²) in [7, 11) is 3.35. The van der Waals surface area contributed by atoms with Crippen molar-refractivity contribution < 1.29 is 9.53 Å². The van der Waals surface area contributed by atoms with Crippen molar-refractivity contribution in [2.24, 2.45) is 12.5 Å². The molecule has 1 aliphatic rings. The summed E-state index contributed by atoms with van der Waals surface area (Å²) in [5, 5.41) is 8.50. The van der Waals surface area contributed by atoms with Gasteiger partial charge in [0.15, 0.2) is 0 Å². The van der Waals surface area contributed by atoms with E-state index in [0.29, 0.717) is 5.88 Å². The average molecular weight is 398 g/mol. The zero-order chi connectivity index (χ0) is 20.1. The van der Waals surface area contributed by atoms with Crippen LogP contribution in [0.2, 0.25) is 0 Å². The predicted molar refractivity (Wildman–Crippen MR) is 110 cm³/mol. The molecule has 1 unspecified atom stereocenters. The van der Waals surface area contributed by atoms with Crippen LogP contribution in [0.25, 0.3) is 11.0 Å².